The molecule has 2 rings (SSSR count). The number of hydrogen-bond acceptors (Lipinski definition) is 6. The Morgan fingerprint density at radius 2 is 1.42 bits per heavy atom. The molecule has 0 aliphatic heterocycles. The lowest BCUT2D eigenvalue weighted by Gasteiger charge is -1.97. The van der Waals surface area contributed by atoms with Crippen molar-refractivity contribution in [1.29, 1.82) is 0 Å². The molecule has 124 valence electrons. The van der Waals surface area contributed by atoms with E-state index >= 15 is 0 Å². The van der Waals surface area contributed by atoms with Crippen molar-refractivity contribution in [2.45, 2.75) is 0 Å². The molecule has 0 radical (unpaired) electrons. The zero-order valence-corrected chi connectivity index (χ0v) is 11.8. The number of aromatic carboxylic acids is 4. The van der Waals surface area contributed by atoms with E-state index < -0.39 is 29.6 Å². The first kappa shape index (κ1) is 18.2. The first-order valence-corrected chi connectivity index (χ1v) is 6.08. The summed E-state index contributed by atoms with van der Waals surface area (Å²) in [6.07, 6.45) is 2.24. The molecule has 0 unspecified atom stereocenters. The van der Waals surface area contributed by atoms with Crippen LogP contribution in [-0.4, -0.2) is 54.3 Å². The van der Waals surface area contributed by atoms with Crippen molar-refractivity contribution in [2.24, 2.45) is 0 Å². The molecule has 0 saturated carbocycles. The van der Waals surface area contributed by atoms with Crippen LogP contribution in [0, 0.1) is 0 Å². The predicted octanol–water partition coefficient (Wildman–Crippen LogP) is 0.956. The van der Waals surface area contributed by atoms with E-state index in [0.29, 0.717) is 0 Å². The Kier molecular flexibility index (Phi) is 6.06. The normalized spacial score (nSPS) is 9.33. The van der Waals surface area contributed by atoms with Crippen molar-refractivity contribution in [1.82, 2.24) is 9.97 Å². The average Bonchev–Trinajstić information content (AvgIpc) is 2.55. The van der Waals surface area contributed by atoms with E-state index in [1.165, 1.54) is 24.4 Å². The highest BCUT2D eigenvalue weighted by Gasteiger charge is 2.15. The van der Waals surface area contributed by atoms with E-state index in [1.807, 2.05) is 0 Å². The summed E-state index contributed by atoms with van der Waals surface area (Å²) in [5.74, 6) is -4.93. The van der Waals surface area contributed by atoms with E-state index in [0.717, 1.165) is 12.3 Å². The summed E-state index contributed by atoms with van der Waals surface area (Å²) < 4.78 is 0. The van der Waals surface area contributed by atoms with Gasteiger partial charge in [0.25, 0.3) is 0 Å². The third-order valence-corrected chi connectivity index (χ3v) is 2.47. The first-order valence-electron chi connectivity index (χ1n) is 6.08. The third kappa shape index (κ3) is 4.87. The Balaban J connectivity index is 0.000000240. The second-order valence-corrected chi connectivity index (χ2v) is 4.05. The molecular weight excluding hydrogens is 324 g/mol. The standard InChI is InChI=1S/2C7H5NO4/c9-6(10)4-1-2-5(7(11)12)8-3-4;9-6(10)4-2-1-3-8-5(4)7(11)12/h2*1-3H,(H,9,10)(H,11,12). The minimum atomic E-state index is -1.34. The van der Waals surface area contributed by atoms with Crippen LogP contribution in [0.5, 0.6) is 0 Å². The number of pyridine rings is 2. The second-order valence-electron chi connectivity index (χ2n) is 4.05. The van der Waals surface area contributed by atoms with Gasteiger partial charge in [-0.15, -0.1) is 0 Å². The predicted molar refractivity (Wildman–Crippen MR) is 76.3 cm³/mol. The lowest BCUT2D eigenvalue weighted by Crippen LogP contribution is -2.09. The van der Waals surface area contributed by atoms with Crippen molar-refractivity contribution >= 4 is 23.9 Å². The van der Waals surface area contributed by atoms with Gasteiger partial charge in [-0.3, -0.25) is 0 Å². The Morgan fingerprint density at radius 3 is 1.79 bits per heavy atom. The van der Waals surface area contributed by atoms with Crippen LogP contribution in [0.1, 0.15) is 41.7 Å². The Morgan fingerprint density at radius 1 is 0.750 bits per heavy atom. The van der Waals surface area contributed by atoms with Crippen LogP contribution in [0.25, 0.3) is 0 Å². The third-order valence-electron chi connectivity index (χ3n) is 2.47. The monoisotopic (exact) mass is 334 g/mol. The summed E-state index contributed by atoms with van der Waals surface area (Å²) in [5, 5.41) is 33.8. The average molecular weight is 334 g/mol. The molecule has 0 saturated heterocycles. The zero-order chi connectivity index (χ0) is 18.3. The van der Waals surface area contributed by atoms with E-state index in [2.05, 4.69) is 9.97 Å². The maximum absolute atomic E-state index is 10.4. The van der Waals surface area contributed by atoms with E-state index in [4.69, 9.17) is 20.4 Å². The molecular formula is C14H10N2O8. The van der Waals surface area contributed by atoms with Crippen LogP contribution >= 0.6 is 0 Å². The SMILES string of the molecule is O=C(O)c1ccc(C(=O)O)nc1.O=C(O)c1cccnc1C(=O)O. The van der Waals surface area contributed by atoms with E-state index in [9.17, 15) is 19.2 Å². The fourth-order valence-electron chi connectivity index (χ4n) is 1.40. The van der Waals surface area contributed by atoms with Crippen molar-refractivity contribution < 1.29 is 39.6 Å². The number of nitrogens with zero attached hydrogens (tertiary/aromatic N) is 2. The van der Waals surface area contributed by atoms with Crippen molar-refractivity contribution in [3.8, 4) is 0 Å². The smallest absolute Gasteiger partial charge is 0.355 e. The van der Waals surface area contributed by atoms with Crippen LogP contribution < -0.4 is 0 Å². The molecule has 10 nitrogen and oxygen atoms in total. The summed E-state index contributed by atoms with van der Waals surface area (Å²) in [6.45, 7) is 0. The topological polar surface area (TPSA) is 175 Å². The molecule has 24 heavy (non-hydrogen) atoms. The lowest BCUT2D eigenvalue weighted by molar-refractivity contribution is 0.0646. The van der Waals surface area contributed by atoms with Gasteiger partial charge in [0.2, 0.25) is 0 Å². The van der Waals surface area contributed by atoms with Gasteiger partial charge in [-0.1, -0.05) is 0 Å². The summed E-state index contributed by atoms with van der Waals surface area (Å²) in [4.78, 5) is 48.2. The Bertz CT molecular complexity index is 720. The van der Waals surface area contributed by atoms with Crippen molar-refractivity contribution in [3.63, 3.8) is 0 Å². The fraction of sp³-hybridized carbons (Fsp3) is 0. The van der Waals surface area contributed by atoms with Gasteiger partial charge >= 0.3 is 23.9 Å². The highest BCUT2D eigenvalue weighted by Crippen LogP contribution is 2.04. The summed E-state index contributed by atoms with van der Waals surface area (Å²) in [7, 11) is 0. The van der Waals surface area contributed by atoms with Crippen LogP contribution in [0.2, 0.25) is 0 Å². The van der Waals surface area contributed by atoms with Gasteiger partial charge < -0.3 is 20.4 Å². The summed E-state index contributed by atoms with van der Waals surface area (Å²) >= 11 is 0. The largest absolute Gasteiger partial charge is 0.478 e. The quantitative estimate of drug-likeness (QED) is 0.629. The van der Waals surface area contributed by atoms with Gasteiger partial charge in [0.1, 0.15) is 5.69 Å². The van der Waals surface area contributed by atoms with E-state index in [-0.39, 0.29) is 16.8 Å². The molecule has 0 bridgehead atoms. The maximum atomic E-state index is 10.4. The Hall–Kier alpha value is -3.82. The number of carboxylic acids is 4. The second kappa shape index (κ2) is 7.98. The number of carboxylic acid groups (broad SMARTS) is 4. The van der Waals surface area contributed by atoms with Crippen LogP contribution in [-0.2, 0) is 0 Å². The number of hydrogen-bond donors (Lipinski definition) is 4. The van der Waals surface area contributed by atoms with Gasteiger partial charge in [-0.2, -0.15) is 0 Å². The number of rotatable bonds is 4. The highest BCUT2D eigenvalue weighted by molar-refractivity contribution is 6.00. The van der Waals surface area contributed by atoms with Gasteiger partial charge in [-0.05, 0) is 24.3 Å². The molecule has 0 spiro atoms. The first-order chi connectivity index (χ1) is 11.2. The molecule has 0 fully saturated rings. The molecule has 10 heteroatoms. The van der Waals surface area contributed by atoms with Gasteiger partial charge in [0.05, 0.1) is 11.1 Å². The van der Waals surface area contributed by atoms with Crippen LogP contribution in [0.4, 0.5) is 0 Å². The molecule has 2 heterocycles. The van der Waals surface area contributed by atoms with Crippen molar-refractivity contribution in [3.05, 3.63) is 59.2 Å². The molecule has 0 aromatic carbocycles. The number of carbonyl (C=O) groups is 4. The molecule has 2 aromatic heterocycles. The maximum Gasteiger partial charge on any atom is 0.355 e. The lowest BCUT2D eigenvalue weighted by atomic mass is 10.2. The van der Waals surface area contributed by atoms with Crippen molar-refractivity contribution in [2.75, 3.05) is 0 Å². The fourth-order valence-corrected chi connectivity index (χ4v) is 1.40. The molecule has 0 aliphatic carbocycles. The van der Waals surface area contributed by atoms with Gasteiger partial charge in [-0.25, -0.2) is 29.1 Å². The summed E-state index contributed by atoms with van der Waals surface area (Å²) in [6, 6.07) is 4.90. The minimum Gasteiger partial charge on any atom is -0.478 e. The number of aromatic nitrogens is 2. The molecule has 4 N–H and O–H groups in total. The van der Waals surface area contributed by atoms with Crippen LogP contribution in [0.15, 0.2) is 36.7 Å². The zero-order valence-electron chi connectivity index (χ0n) is 11.8. The molecule has 0 aliphatic rings. The molecule has 0 atom stereocenters. The molecule has 2 aromatic rings. The summed E-state index contributed by atoms with van der Waals surface area (Å²) in [5.41, 5.74) is -0.935. The minimum absolute atomic E-state index is 0.0278. The molecule has 0 amide bonds. The highest BCUT2D eigenvalue weighted by atomic mass is 16.4. The van der Waals surface area contributed by atoms with Gasteiger partial charge in [0.15, 0.2) is 5.69 Å². The Labute approximate surface area is 133 Å². The van der Waals surface area contributed by atoms with Gasteiger partial charge in [0, 0.05) is 12.4 Å². The van der Waals surface area contributed by atoms with E-state index in [1.54, 1.807) is 0 Å². The van der Waals surface area contributed by atoms with Crippen LogP contribution in [0.3, 0.4) is 0 Å².